The highest BCUT2D eigenvalue weighted by molar-refractivity contribution is 7.93. The summed E-state index contributed by atoms with van der Waals surface area (Å²) in [4.78, 5) is 4.65. The summed E-state index contributed by atoms with van der Waals surface area (Å²) in [7, 11) is -3.27. The van der Waals surface area contributed by atoms with E-state index in [4.69, 9.17) is 35.1 Å². The number of nitrogens with zero attached hydrogens (tertiary/aromatic N) is 3. The van der Waals surface area contributed by atoms with E-state index in [1.807, 2.05) is 0 Å². The second-order valence-corrected chi connectivity index (χ2v) is 11.0. The quantitative estimate of drug-likeness (QED) is 0.293. The van der Waals surface area contributed by atoms with Crippen molar-refractivity contribution in [3.8, 4) is 11.5 Å². The van der Waals surface area contributed by atoms with Crippen molar-refractivity contribution in [2.45, 2.75) is 31.3 Å². The van der Waals surface area contributed by atoms with E-state index in [1.54, 1.807) is 50.4 Å². The zero-order chi connectivity index (χ0) is 26.3. The van der Waals surface area contributed by atoms with Crippen LogP contribution in [0.5, 0.6) is 11.5 Å². The monoisotopic (exact) mass is 567 g/mol. The van der Waals surface area contributed by atoms with Gasteiger partial charge in [0, 0.05) is 25.3 Å². The Morgan fingerprint density at radius 3 is 2.76 bits per heavy atom. The van der Waals surface area contributed by atoms with E-state index < -0.39 is 22.5 Å². The number of rotatable bonds is 9. The largest absolute Gasteiger partial charge is 0.454 e. The average Bonchev–Trinajstić information content (AvgIpc) is 3.61. The zero-order valence-electron chi connectivity index (χ0n) is 19.9. The maximum Gasteiger partial charge on any atom is 0.272 e. The summed E-state index contributed by atoms with van der Waals surface area (Å²) < 4.78 is 56.7. The molecule has 37 heavy (non-hydrogen) atoms. The molecule has 0 bridgehead atoms. The molecule has 2 atom stereocenters. The van der Waals surface area contributed by atoms with Crippen LogP contribution in [0.4, 0.5) is 5.88 Å². The standard InChI is InChI=1S/C23H22ClN3O8S2/c1-4-32-23(31-3)27(22-17(24)12(2)26-35-22)37(29,30)20-14-6-5-9-25-21(14)36-19(20)18(28)13-7-8-15-16(10-13)34-11-33-15/h5-10,18,23,28H,4,11H2,1-3H3. The van der Waals surface area contributed by atoms with Gasteiger partial charge in [0.25, 0.3) is 22.3 Å². The first-order valence-corrected chi connectivity index (χ1v) is 13.7. The first-order valence-electron chi connectivity index (χ1n) is 11.0. The van der Waals surface area contributed by atoms with Crippen molar-refractivity contribution in [2.24, 2.45) is 0 Å². The van der Waals surface area contributed by atoms with Gasteiger partial charge in [0.1, 0.15) is 26.5 Å². The molecule has 4 aromatic rings. The third-order valence-electron chi connectivity index (χ3n) is 5.60. The van der Waals surface area contributed by atoms with Crippen LogP contribution in [0.1, 0.15) is 29.2 Å². The Balaban J connectivity index is 1.72. The molecule has 4 heterocycles. The number of hydrogen-bond donors (Lipinski definition) is 1. The molecule has 3 aromatic heterocycles. The van der Waals surface area contributed by atoms with Crippen LogP contribution in [0.2, 0.25) is 5.02 Å². The topological polar surface area (TPSA) is 133 Å². The van der Waals surface area contributed by atoms with Gasteiger partial charge in [-0.05, 0) is 43.7 Å². The number of benzene rings is 1. The third kappa shape index (κ3) is 4.41. The summed E-state index contributed by atoms with van der Waals surface area (Å²) in [6.07, 6.45) is -1.25. The van der Waals surface area contributed by atoms with E-state index in [-0.39, 0.29) is 39.8 Å². The Kier molecular flexibility index (Phi) is 7.00. The van der Waals surface area contributed by atoms with Gasteiger partial charge in [-0.3, -0.25) is 0 Å². The van der Waals surface area contributed by atoms with Crippen LogP contribution in [0, 0.1) is 6.92 Å². The summed E-state index contributed by atoms with van der Waals surface area (Å²) in [5.41, 5.74) is 0.682. The predicted molar refractivity (Wildman–Crippen MR) is 135 cm³/mol. The van der Waals surface area contributed by atoms with Crippen LogP contribution in [0.3, 0.4) is 0 Å². The van der Waals surface area contributed by atoms with Crippen molar-refractivity contribution in [3.63, 3.8) is 0 Å². The first kappa shape index (κ1) is 25.7. The second-order valence-electron chi connectivity index (χ2n) is 7.85. The molecule has 0 fully saturated rings. The fourth-order valence-corrected chi connectivity index (χ4v) is 7.37. The second kappa shape index (κ2) is 10.1. The Hall–Kier alpha value is -2.94. The van der Waals surface area contributed by atoms with E-state index in [2.05, 4.69) is 10.1 Å². The molecule has 11 nitrogen and oxygen atoms in total. The zero-order valence-corrected chi connectivity index (χ0v) is 22.3. The van der Waals surface area contributed by atoms with Gasteiger partial charge in [0.15, 0.2) is 11.5 Å². The van der Waals surface area contributed by atoms with E-state index in [0.717, 1.165) is 15.6 Å². The van der Waals surface area contributed by atoms with Crippen molar-refractivity contribution < 1.29 is 37.0 Å². The van der Waals surface area contributed by atoms with Gasteiger partial charge < -0.3 is 28.6 Å². The molecule has 0 aliphatic carbocycles. The average molecular weight is 568 g/mol. The summed E-state index contributed by atoms with van der Waals surface area (Å²) >= 11 is 7.43. The van der Waals surface area contributed by atoms with Crippen molar-refractivity contribution >= 4 is 49.1 Å². The van der Waals surface area contributed by atoms with Crippen LogP contribution in [-0.4, -0.2) is 50.6 Å². The van der Waals surface area contributed by atoms with Gasteiger partial charge in [-0.1, -0.05) is 22.8 Å². The van der Waals surface area contributed by atoms with Crippen molar-refractivity contribution in [3.05, 3.63) is 57.7 Å². The Labute approximate surface area is 221 Å². The summed E-state index contributed by atoms with van der Waals surface area (Å²) in [5.74, 6) is 0.690. The third-order valence-corrected chi connectivity index (χ3v) is 9.14. The molecule has 1 aliphatic rings. The molecule has 0 radical (unpaired) electrons. The molecule has 1 aromatic carbocycles. The number of ether oxygens (including phenoxy) is 4. The molecule has 0 saturated heterocycles. The van der Waals surface area contributed by atoms with Gasteiger partial charge >= 0.3 is 0 Å². The molecule has 1 N–H and O–H groups in total. The number of hydrogen-bond acceptors (Lipinski definition) is 11. The highest BCUT2D eigenvalue weighted by atomic mass is 35.5. The summed E-state index contributed by atoms with van der Waals surface area (Å²) in [6, 6.07) is 8.11. The smallest absolute Gasteiger partial charge is 0.272 e. The number of fused-ring (bicyclic) bond motifs is 2. The number of aryl methyl sites for hydroxylation is 1. The Morgan fingerprint density at radius 1 is 1.27 bits per heavy atom. The number of sulfonamides is 1. The van der Waals surface area contributed by atoms with Gasteiger partial charge in [-0.15, -0.1) is 11.3 Å². The number of thiophene rings is 1. The number of aliphatic hydroxyl groups is 1. The number of halogens is 1. The van der Waals surface area contributed by atoms with Crippen LogP contribution in [0.15, 0.2) is 45.9 Å². The van der Waals surface area contributed by atoms with E-state index in [1.165, 1.54) is 7.11 Å². The minimum Gasteiger partial charge on any atom is -0.454 e. The lowest BCUT2D eigenvalue weighted by molar-refractivity contribution is -0.112. The molecule has 1 aliphatic heterocycles. The fraction of sp³-hybridized carbons (Fsp3) is 0.304. The van der Waals surface area contributed by atoms with Crippen molar-refractivity contribution in [1.82, 2.24) is 10.1 Å². The molecule has 14 heteroatoms. The lowest BCUT2D eigenvalue weighted by Gasteiger charge is -2.29. The molecule has 0 amide bonds. The minimum absolute atomic E-state index is 0.0270. The number of anilines is 1. The Bertz CT molecular complexity index is 1550. The lowest BCUT2D eigenvalue weighted by atomic mass is 10.1. The molecule has 5 rings (SSSR count). The van der Waals surface area contributed by atoms with E-state index in [0.29, 0.717) is 27.3 Å². The van der Waals surface area contributed by atoms with Gasteiger partial charge in [0.05, 0.1) is 4.88 Å². The highest BCUT2D eigenvalue weighted by Crippen LogP contribution is 2.45. The van der Waals surface area contributed by atoms with Gasteiger partial charge in [-0.2, -0.15) is 4.31 Å². The Morgan fingerprint density at radius 2 is 2.05 bits per heavy atom. The number of methoxy groups -OCH3 is 1. The summed E-state index contributed by atoms with van der Waals surface area (Å²) in [6.45, 7) is 3.43. The minimum atomic E-state index is -4.56. The molecule has 0 spiro atoms. The normalized spacial score (nSPS) is 14.7. The van der Waals surface area contributed by atoms with Crippen LogP contribution in [0.25, 0.3) is 10.2 Å². The fourth-order valence-electron chi connectivity index (χ4n) is 3.88. The maximum atomic E-state index is 14.4. The molecule has 196 valence electrons. The van der Waals surface area contributed by atoms with Crippen LogP contribution in [-0.2, 0) is 19.5 Å². The molecular weight excluding hydrogens is 546 g/mol. The highest BCUT2D eigenvalue weighted by Gasteiger charge is 2.42. The number of aromatic nitrogens is 2. The number of aliphatic hydroxyl groups excluding tert-OH is 1. The van der Waals surface area contributed by atoms with Crippen molar-refractivity contribution in [1.29, 1.82) is 0 Å². The molecule has 0 saturated carbocycles. The van der Waals surface area contributed by atoms with Gasteiger partial charge in [-0.25, -0.2) is 13.4 Å². The van der Waals surface area contributed by atoms with Crippen LogP contribution >= 0.6 is 22.9 Å². The first-order chi connectivity index (χ1) is 17.8. The predicted octanol–water partition coefficient (Wildman–Crippen LogP) is 4.22. The maximum absolute atomic E-state index is 14.4. The molecular formula is C23H22ClN3O8S2. The lowest BCUT2D eigenvalue weighted by Crippen LogP contribution is -2.43. The van der Waals surface area contributed by atoms with Crippen molar-refractivity contribution in [2.75, 3.05) is 24.8 Å². The van der Waals surface area contributed by atoms with Crippen LogP contribution < -0.4 is 13.8 Å². The number of pyridine rings is 1. The van der Waals surface area contributed by atoms with E-state index in [9.17, 15) is 13.5 Å². The molecule has 2 unspecified atom stereocenters. The van der Waals surface area contributed by atoms with E-state index >= 15 is 0 Å². The van der Waals surface area contributed by atoms with Gasteiger partial charge in [0.2, 0.25) is 6.79 Å². The SMILES string of the molecule is CCOC(OC)N(c1onc(C)c1Cl)S(=O)(=O)c1c(C(O)c2ccc3c(c2)OCO3)sc2ncccc12. The summed E-state index contributed by atoms with van der Waals surface area (Å²) in [5, 5.41) is 15.5.